The van der Waals surface area contributed by atoms with Gasteiger partial charge in [-0.3, -0.25) is 14.9 Å². The lowest BCUT2D eigenvalue weighted by Crippen LogP contribution is -2.54. The van der Waals surface area contributed by atoms with Crippen molar-refractivity contribution < 1.29 is 18.8 Å². The van der Waals surface area contributed by atoms with E-state index in [0.29, 0.717) is 27.7 Å². The third-order valence-corrected chi connectivity index (χ3v) is 6.17. The molecule has 3 aromatic carbocycles. The standard InChI is InChI=1S/C26H20BrFN2O3/c1-2-16-8-11-20(12-9-16)30-25(32)21(24(31)29-26(30)33)13-17-7-10-18(22(27)14-17)15-19-5-3-4-6-23(19)28/h3-14H,2,15H2,1H3,(H,29,31,33)/b21-13+. The lowest BCUT2D eigenvalue weighted by molar-refractivity contribution is -0.122. The van der Waals surface area contributed by atoms with E-state index in [1.807, 2.05) is 19.1 Å². The summed E-state index contributed by atoms with van der Waals surface area (Å²) in [6, 6.07) is 18.1. The van der Waals surface area contributed by atoms with Crippen LogP contribution < -0.4 is 10.2 Å². The number of anilines is 1. The number of nitrogens with zero attached hydrogens (tertiary/aromatic N) is 1. The van der Waals surface area contributed by atoms with Crippen LogP contribution in [0, 0.1) is 5.82 Å². The molecule has 5 nitrogen and oxygen atoms in total. The molecule has 4 amide bonds. The first-order valence-electron chi connectivity index (χ1n) is 10.4. The Morgan fingerprint density at radius 1 is 0.970 bits per heavy atom. The molecule has 0 aliphatic carbocycles. The third kappa shape index (κ3) is 4.78. The maximum atomic E-state index is 14.0. The van der Waals surface area contributed by atoms with Gasteiger partial charge in [-0.15, -0.1) is 0 Å². The average molecular weight is 507 g/mol. The van der Waals surface area contributed by atoms with E-state index < -0.39 is 17.8 Å². The Hall–Kier alpha value is -3.58. The summed E-state index contributed by atoms with van der Waals surface area (Å²) in [6.07, 6.45) is 2.65. The van der Waals surface area contributed by atoms with Crippen LogP contribution in [0.15, 0.2) is 76.8 Å². The number of carbonyl (C=O) groups is 3. The number of benzene rings is 3. The van der Waals surface area contributed by atoms with Crippen LogP contribution in [0.3, 0.4) is 0 Å². The van der Waals surface area contributed by atoms with Crippen molar-refractivity contribution in [2.45, 2.75) is 19.8 Å². The maximum absolute atomic E-state index is 14.0. The van der Waals surface area contributed by atoms with Crippen molar-refractivity contribution in [3.63, 3.8) is 0 Å². The van der Waals surface area contributed by atoms with E-state index in [-0.39, 0.29) is 11.4 Å². The van der Waals surface area contributed by atoms with Crippen molar-refractivity contribution in [1.82, 2.24) is 5.32 Å². The first-order valence-corrected chi connectivity index (χ1v) is 11.2. The van der Waals surface area contributed by atoms with Gasteiger partial charge >= 0.3 is 6.03 Å². The first kappa shape index (κ1) is 22.6. The number of barbiturate groups is 1. The molecule has 166 valence electrons. The van der Waals surface area contributed by atoms with Crippen molar-refractivity contribution in [2.75, 3.05) is 4.90 Å². The number of hydrogen-bond donors (Lipinski definition) is 1. The highest BCUT2D eigenvalue weighted by Gasteiger charge is 2.36. The predicted molar refractivity (Wildman–Crippen MR) is 128 cm³/mol. The van der Waals surface area contributed by atoms with Gasteiger partial charge in [-0.25, -0.2) is 14.1 Å². The molecule has 0 bridgehead atoms. The van der Waals surface area contributed by atoms with E-state index in [0.717, 1.165) is 22.4 Å². The number of imide groups is 2. The Morgan fingerprint density at radius 2 is 1.70 bits per heavy atom. The fraction of sp³-hybridized carbons (Fsp3) is 0.115. The van der Waals surface area contributed by atoms with E-state index in [4.69, 9.17) is 0 Å². The molecule has 1 heterocycles. The topological polar surface area (TPSA) is 66.5 Å². The quantitative estimate of drug-likeness (QED) is 0.371. The molecule has 0 saturated carbocycles. The molecule has 0 aromatic heterocycles. The maximum Gasteiger partial charge on any atom is 0.335 e. The van der Waals surface area contributed by atoms with Crippen molar-refractivity contribution in [3.05, 3.63) is 105 Å². The van der Waals surface area contributed by atoms with Crippen LogP contribution in [0.25, 0.3) is 6.08 Å². The number of halogens is 2. The van der Waals surface area contributed by atoms with Crippen LogP contribution in [0.4, 0.5) is 14.9 Å². The Balaban J connectivity index is 1.62. The zero-order chi connectivity index (χ0) is 23.5. The SMILES string of the molecule is CCc1ccc(N2C(=O)NC(=O)/C(=C\c3ccc(Cc4ccccc4F)c(Br)c3)C2=O)cc1. The Labute approximate surface area is 199 Å². The lowest BCUT2D eigenvalue weighted by atomic mass is 10.0. The van der Waals surface area contributed by atoms with E-state index in [2.05, 4.69) is 21.2 Å². The van der Waals surface area contributed by atoms with Crippen LogP contribution >= 0.6 is 15.9 Å². The monoisotopic (exact) mass is 506 g/mol. The molecule has 1 N–H and O–H groups in total. The second-order valence-electron chi connectivity index (χ2n) is 7.60. The van der Waals surface area contributed by atoms with Crippen molar-refractivity contribution in [3.8, 4) is 0 Å². The normalized spacial score (nSPS) is 15.2. The fourth-order valence-corrected chi connectivity index (χ4v) is 4.12. The minimum Gasteiger partial charge on any atom is -0.273 e. The summed E-state index contributed by atoms with van der Waals surface area (Å²) in [6.45, 7) is 2.01. The largest absolute Gasteiger partial charge is 0.335 e. The highest BCUT2D eigenvalue weighted by atomic mass is 79.9. The van der Waals surface area contributed by atoms with Crippen LogP contribution in [-0.2, 0) is 22.4 Å². The number of rotatable bonds is 5. The summed E-state index contributed by atoms with van der Waals surface area (Å²) < 4.78 is 14.7. The van der Waals surface area contributed by atoms with Gasteiger partial charge in [0, 0.05) is 10.9 Å². The number of urea groups is 1. The summed E-state index contributed by atoms with van der Waals surface area (Å²) in [7, 11) is 0. The molecular formula is C26H20BrFN2O3. The second kappa shape index (κ2) is 9.50. The number of carbonyl (C=O) groups excluding carboxylic acids is 3. The van der Waals surface area contributed by atoms with Crippen molar-refractivity contribution in [2.24, 2.45) is 0 Å². The molecule has 3 aromatic rings. The van der Waals surface area contributed by atoms with Gasteiger partial charge in [0.25, 0.3) is 11.8 Å². The molecule has 1 aliphatic rings. The summed E-state index contributed by atoms with van der Waals surface area (Å²) in [5.41, 5.74) is 3.31. The van der Waals surface area contributed by atoms with Crippen LogP contribution in [0.5, 0.6) is 0 Å². The molecular weight excluding hydrogens is 487 g/mol. The van der Waals surface area contributed by atoms with Crippen LogP contribution in [-0.4, -0.2) is 17.8 Å². The minimum atomic E-state index is -0.784. The third-order valence-electron chi connectivity index (χ3n) is 5.43. The molecule has 0 spiro atoms. The summed E-state index contributed by atoms with van der Waals surface area (Å²) in [5, 5.41) is 2.23. The molecule has 1 saturated heterocycles. The number of hydrogen-bond acceptors (Lipinski definition) is 3. The zero-order valence-corrected chi connectivity index (χ0v) is 19.4. The summed E-state index contributed by atoms with van der Waals surface area (Å²) >= 11 is 3.49. The van der Waals surface area contributed by atoms with Gasteiger partial charge in [0.05, 0.1) is 5.69 Å². The van der Waals surface area contributed by atoms with Gasteiger partial charge in [-0.1, -0.05) is 65.3 Å². The molecule has 33 heavy (non-hydrogen) atoms. The second-order valence-corrected chi connectivity index (χ2v) is 8.45. The molecule has 0 atom stereocenters. The summed E-state index contributed by atoms with van der Waals surface area (Å²) in [4.78, 5) is 38.8. The molecule has 7 heteroatoms. The fourth-order valence-electron chi connectivity index (χ4n) is 3.58. The average Bonchev–Trinajstić information content (AvgIpc) is 2.80. The van der Waals surface area contributed by atoms with E-state index >= 15 is 0 Å². The highest BCUT2D eigenvalue weighted by molar-refractivity contribution is 9.10. The Morgan fingerprint density at radius 3 is 2.36 bits per heavy atom. The summed E-state index contributed by atoms with van der Waals surface area (Å²) in [5.74, 6) is -1.73. The van der Waals surface area contributed by atoms with Gasteiger partial charge in [-0.05, 0) is 59.0 Å². The van der Waals surface area contributed by atoms with Crippen molar-refractivity contribution in [1.29, 1.82) is 0 Å². The minimum absolute atomic E-state index is 0.150. The number of aryl methyl sites for hydroxylation is 1. The van der Waals surface area contributed by atoms with E-state index in [1.165, 1.54) is 12.1 Å². The van der Waals surface area contributed by atoms with Gasteiger partial charge < -0.3 is 0 Å². The molecule has 1 aliphatic heterocycles. The molecule has 0 radical (unpaired) electrons. The molecule has 0 unspecified atom stereocenters. The first-order chi connectivity index (χ1) is 15.9. The van der Waals surface area contributed by atoms with Crippen LogP contribution in [0.2, 0.25) is 0 Å². The lowest BCUT2D eigenvalue weighted by Gasteiger charge is -2.26. The van der Waals surface area contributed by atoms with Gasteiger partial charge in [-0.2, -0.15) is 0 Å². The van der Waals surface area contributed by atoms with E-state index in [9.17, 15) is 18.8 Å². The Kier molecular flexibility index (Phi) is 6.51. The van der Waals surface area contributed by atoms with Crippen molar-refractivity contribution >= 4 is 45.5 Å². The Bertz CT molecular complexity index is 1280. The predicted octanol–water partition coefficient (Wildman–Crippen LogP) is 5.41. The van der Waals surface area contributed by atoms with Gasteiger partial charge in [0.15, 0.2) is 0 Å². The smallest absolute Gasteiger partial charge is 0.273 e. The molecule has 4 rings (SSSR count). The van der Waals surface area contributed by atoms with Gasteiger partial charge in [0.1, 0.15) is 11.4 Å². The highest BCUT2D eigenvalue weighted by Crippen LogP contribution is 2.26. The van der Waals surface area contributed by atoms with E-state index in [1.54, 1.807) is 48.5 Å². The van der Waals surface area contributed by atoms with Crippen LogP contribution in [0.1, 0.15) is 29.2 Å². The zero-order valence-electron chi connectivity index (χ0n) is 17.8. The number of nitrogens with one attached hydrogen (secondary N) is 1. The number of amides is 4. The van der Waals surface area contributed by atoms with Gasteiger partial charge in [0.2, 0.25) is 0 Å². The molecule has 1 fully saturated rings.